The maximum Gasteiger partial charge on any atom is 0.176 e. The molecular weight excluding hydrogens is 314 g/mol. The van der Waals surface area contributed by atoms with Gasteiger partial charge in [-0.05, 0) is 50.8 Å². The summed E-state index contributed by atoms with van der Waals surface area (Å²) in [6.07, 6.45) is 4.74. The minimum atomic E-state index is 0.350. The maximum absolute atomic E-state index is 5.99. The molecule has 2 aromatic rings. The average molecular weight is 343 g/mol. The van der Waals surface area contributed by atoms with E-state index in [1.807, 2.05) is 36.7 Å². The number of aryl methyl sites for hydroxylation is 2. The van der Waals surface area contributed by atoms with Gasteiger partial charge in [-0.15, -0.1) is 10.2 Å². The average Bonchev–Trinajstić information content (AvgIpc) is 2.95. The third kappa shape index (κ3) is 4.18. The lowest BCUT2D eigenvalue weighted by Gasteiger charge is -2.34. The number of hydrogen-bond donors (Lipinski definition) is 1. The number of rotatable bonds is 6. The van der Waals surface area contributed by atoms with Gasteiger partial charge in [-0.25, -0.2) is 4.68 Å². The van der Waals surface area contributed by atoms with E-state index in [2.05, 4.69) is 34.5 Å². The molecule has 1 fully saturated rings. The zero-order chi connectivity index (χ0) is 17.8. The van der Waals surface area contributed by atoms with Crippen molar-refractivity contribution in [1.29, 1.82) is 0 Å². The minimum absolute atomic E-state index is 0.350. The largest absolute Gasteiger partial charge is 0.378 e. The SMILES string of the molecule is CCC(CC)C1CC(Nc2ccc(-n3nc(C)cc3C)nn2)CCO1. The summed E-state index contributed by atoms with van der Waals surface area (Å²) in [6, 6.07) is 6.38. The highest BCUT2D eigenvalue weighted by atomic mass is 16.5. The summed E-state index contributed by atoms with van der Waals surface area (Å²) in [5, 5.41) is 16.7. The summed E-state index contributed by atoms with van der Waals surface area (Å²) < 4.78 is 7.82. The fourth-order valence-corrected chi connectivity index (χ4v) is 3.69. The van der Waals surface area contributed by atoms with Gasteiger partial charge in [-0.2, -0.15) is 5.10 Å². The van der Waals surface area contributed by atoms with E-state index in [-0.39, 0.29) is 0 Å². The van der Waals surface area contributed by atoms with Gasteiger partial charge >= 0.3 is 0 Å². The first kappa shape index (κ1) is 17.9. The molecule has 0 saturated carbocycles. The summed E-state index contributed by atoms with van der Waals surface area (Å²) in [5.41, 5.74) is 2.04. The van der Waals surface area contributed by atoms with E-state index in [1.54, 1.807) is 0 Å². The monoisotopic (exact) mass is 343 g/mol. The Bertz CT molecular complexity index is 678. The summed E-state index contributed by atoms with van der Waals surface area (Å²) >= 11 is 0. The molecule has 0 spiro atoms. The Balaban J connectivity index is 1.64. The van der Waals surface area contributed by atoms with Crippen LogP contribution in [0, 0.1) is 19.8 Å². The first-order valence-electron chi connectivity index (χ1n) is 9.36. The molecule has 6 heteroatoms. The first-order valence-corrected chi connectivity index (χ1v) is 9.36. The van der Waals surface area contributed by atoms with Crippen molar-refractivity contribution < 1.29 is 4.74 Å². The molecular formula is C19H29N5O. The highest BCUT2D eigenvalue weighted by Crippen LogP contribution is 2.26. The van der Waals surface area contributed by atoms with Gasteiger partial charge in [0.2, 0.25) is 0 Å². The third-order valence-electron chi connectivity index (χ3n) is 5.12. The van der Waals surface area contributed by atoms with Crippen LogP contribution in [0.5, 0.6) is 0 Å². The second kappa shape index (κ2) is 7.95. The Morgan fingerprint density at radius 2 is 2.04 bits per heavy atom. The number of nitrogens with one attached hydrogen (secondary N) is 1. The Morgan fingerprint density at radius 3 is 2.64 bits per heavy atom. The molecule has 1 aliphatic rings. The lowest BCUT2D eigenvalue weighted by atomic mass is 9.89. The van der Waals surface area contributed by atoms with E-state index in [0.717, 1.165) is 42.5 Å². The van der Waals surface area contributed by atoms with Crippen LogP contribution in [0.4, 0.5) is 5.82 Å². The van der Waals surface area contributed by atoms with E-state index in [1.165, 1.54) is 12.8 Å². The van der Waals surface area contributed by atoms with Crippen LogP contribution in [-0.4, -0.2) is 38.7 Å². The van der Waals surface area contributed by atoms with Crippen LogP contribution in [0.2, 0.25) is 0 Å². The van der Waals surface area contributed by atoms with Crippen molar-refractivity contribution in [2.75, 3.05) is 11.9 Å². The highest BCUT2D eigenvalue weighted by molar-refractivity contribution is 5.38. The first-order chi connectivity index (χ1) is 12.1. The molecule has 2 unspecified atom stereocenters. The van der Waals surface area contributed by atoms with Crippen LogP contribution < -0.4 is 5.32 Å². The van der Waals surface area contributed by atoms with E-state index in [4.69, 9.17) is 4.74 Å². The van der Waals surface area contributed by atoms with E-state index in [0.29, 0.717) is 18.1 Å². The molecule has 136 valence electrons. The van der Waals surface area contributed by atoms with Crippen molar-refractivity contribution in [2.45, 2.75) is 65.5 Å². The number of aromatic nitrogens is 4. The lowest BCUT2D eigenvalue weighted by molar-refractivity contribution is -0.0271. The Hall–Kier alpha value is -1.95. The minimum Gasteiger partial charge on any atom is -0.378 e. The molecule has 25 heavy (non-hydrogen) atoms. The van der Waals surface area contributed by atoms with Gasteiger partial charge in [0.05, 0.1) is 11.8 Å². The summed E-state index contributed by atoms with van der Waals surface area (Å²) in [5.74, 6) is 2.21. The van der Waals surface area contributed by atoms with Crippen LogP contribution in [0.3, 0.4) is 0 Å². The predicted octanol–water partition coefficient (Wildman–Crippen LogP) is 3.67. The zero-order valence-electron chi connectivity index (χ0n) is 15.7. The topological polar surface area (TPSA) is 64.9 Å². The molecule has 2 atom stereocenters. The molecule has 2 aromatic heterocycles. The molecule has 1 N–H and O–H groups in total. The molecule has 6 nitrogen and oxygen atoms in total. The predicted molar refractivity (Wildman–Crippen MR) is 99.1 cm³/mol. The molecule has 0 radical (unpaired) electrons. The van der Waals surface area contributed by atoms with Gasteiger partial charge in [0.15, 0.2) is 5.82 Å². The molecule has 3 heterocycles. The van der Waals surface area contributed by atoms with Gasteiger partial charge in [-0.3, -0.25) is 0 Å². The van der Waals surface area contributed by atoms with Crippen molar-refractivity contribution in [3.05, 3.63) is 29.6 Å². The Labute approximate surface area is 150 Å². The Kier molecular flexibility index (Phi) is 5.68. The smallest absolute Gasteiger partial charge is 0.176 e. The van der Waals surface area contributed by atoms with Gasteiger partial charge in [0.25, 0.3) is 0 Å². The molecule has 0 amide bonds. The van der Waals surface area contributed by atoms with E-state index < -0.39 is 0 Å². The maximum atomic E-state index is 5.99. The molecule has 3 rings (SSSR count). The number of nitrogens with zero attached hydrogens (tertiary/aromatic N) is 4. The summed E-state index contributed by atoms with van der Waals surface area (Å²) in [6.45, 7) is 9.31. The van der Waals surface area contributed by atoms with Crippen molar-refractivity contribution in [3.8, 4) is 5.82 Å². The second-order valence-electron chi connectivity index (χ2n) is 6.97. The van der Waals surface area contributed by atoms with Gasteiger partial charge < -0.3 is 10.1 Å². The number of hydrogen-bond acceptors (Lipinski definition) is 5. The number of anilines is 1. The molecule has 1 saturated heterocycles. The highest BCUT2D eigenvalue weighted by Gasteiger charge is 2.27. The van der Waals surface area contributed by atoms with Crippen molar-refractivity contribution >= 4 is 5.82 Å². The van der Waals surface area contributed by atoms with Gasteiger partial charge in [0, 0.05) is 18.3 Å². The summed E-state index contributed by atoms with van der Waals surface area (Å²) in [7, 11) is 0. The fourth-order valence-electron chi connectivity index (χ4n) is 3.69. The van der Waals surface area contributed by atoms with Gasteiger partial charge in [0.1, 0.15) is 5.82 Å². The zero-order valence-corrected chi connectivity index (χ0v) is 15.7. The van der Waals surface area contributed by atoms with Crippen molar-refractivity contribution in [1.82, 2.24) is 20.0 Å². The van der Waals surface area contributed by atoms with Crippen LogP contribution in [0.1, 0.15) is 50.9 Å². The van der Waals surface area contributed by atoms with Crippen molar-refractivity contribution in [2.24, 2.45) is 5.92 Å². The fraction of sp³-hybridized carbons (Fsp3) is 0.632. The standard InChI is InChI=1S/C19H29N5O/c1-5-15(6-2)17-12-16(9-10-25-17)20-18-7-8-19(22-21-18)24-14(4)11-13(3)23-24/h7-8,11,15-17H,5-6,9-10,12H2,1-4H3,(H,20,21). The van der Waals surface area contributed by atoms with Crippen LogP contribution >= 0.6 is 0 Å². The van der Waals surface area contributed by atoms with E-state index >= 15 is 0 Å². The molecule has 0 aromatic carbocycles. The van der Waals surface area contributed by atoms with Gasteiger partial charge in [-0.1, -0.05) is 26.7 Å². The molecule has 0 bridgehead atoms. The van der Waals surface area contributed by atoms with Crippen LogP contribution in [0.15, 0.2) is 18.2 Å². The second-order valence-corrected chi connectivity index (χ2v) is 6.97. The quantitative estimate of drug-likeness (QED) is 0.867. The third-order valence-corrected chi connectivity index (χ3v) is 5.12. The van der Waals surface area contributed by atoms with Crippen LogP contribution in [-0.2, 0) is 4.74 Å². The molecule has 0 aliphatic carbocycles. The lowest BCUT2D eigenvalue weighted by Crippen LogP contribution is -2.38. The molecule has 1 aliphatic heterocycles. The normalized spacial score (nSPS) is 20.8. The van der Waals surface area contributed by atoms with E-state index in [9.17, 15) is 0 Å². The summed E-state index contributed by atoms with van der Waals surface area (Å²) in [4.78, 5) is 0. The van der Waals surface area contributed by atoms with Crippen molar-refractivity contribution in [3.63, 3.8) is 0 Å². The van der Waals surface area contributed by atoms with Crippen LogP contribution in [0.25, 0.3) is 5.82 Å². The number of ether oxygens (including phenoxy) is 1. The Morgan fingerprint density at radius 1 is 1.24 bits per heavy atom.